The third-order valence-electron chi connectivity index (χ3n) is 9.67. The second-order valence-corrected chi connectivity index (χ2v) is 13.5. The number of nitrogens with zero attached hydrogens (tertiary/aromatic N) is 6. The van der Waals surface area contributed by atoms with Crippen LogP contribution in [0.15, 0.2) is 16.9 Å². The monoisotopic (exact) mass is 617 g/mol. The second kappa shape index (κ2) is 11.2. The number of thioether (sulfide) groups is 1. The molecule has 0 aliphatic carbocycles. The van der Waals surface area contributed by atoms with Crippen LogP contribution in [0.4, 0.5) is 0 Å². The summed E-state index contributed by atoms with van der Waals surface area (Å²) in [6.45, 7) is 5.64. The fourth-order valence-corrected chi connectivity index (χ4v) is 8.96. The molecule has 1 aromatic rings. The van der Waals surface area contributed by atoms with Crippen LogP contribution in [0.1, 0.15) is 26.7 Å². The fraction of sp³-hybridized carbons (Fsp3) is 0.692. The third kappa shape index (κ3) is 4.96. The van der Waals surface area contributed by atoms with Gasteiger partial charge in [-0.3, -0.25) is 19.2 Å². The van der Waals surface area contributed by atoms with E-state index in [1.807, 2.05) is 6.92 Å². The summed E-state index contributed by atoms with van der Waals surface area (Å²) in [5.41, 5.74) is -1.01. The number of nitrogens with one attached hydrogen (secondary N) is 3. The number of tetrazole rings is 1. The molecule has 0 aromatic carbocycles. The Morgan fingerprint density at radius 3 is 2.74 bits per heavy atom. The van der Waals surface area contributed by atoms with Crippen molar-refractivity contribution in [1.29, 1.82) is 0 Å². The van der Waals surface area contributed by atoms with Gasteiger partial charge in [-0.2, -0.15) is 0 Å². The average molecular weight is 618 g/mol. The Labute approximate surface area is 251 Å². The lowest BCUT2D eigenvalue weighted by Crippen LogP contribution is -2.66. The van der Waals surface area contributed by atoms with Crippen molar-refractivity contribution >= 4 is 41.4 Å². The molecule has 5 aliphatic rings. The first-order chi connectivity index (χ1) is 20.5. The molecule has 4 fully saturated rings. The highest BCUT2D eigenvalue weighted by molar-refractivity contribution is 8.03. The summed E-state index contributed by atoms with van der Waals surface area (Å²) in [6.07, 6.45) is 2.39. The highest BCUT2D eigenvalue weighted by Crippen LogP contribution is 2.52. The summed E-state index contributed by atoms with van der Waals surface area (Å²) in [5, 5.41) is 39.9. The van der Waals surface area contributed by atoms with Crippen LogP contribution in [-0.4, -0.2) is 126 Å². The summed E-state index contributed by atoms with van der Waals surface area (Å²) < 4.78 is 1.26. The van der Waals surface area contributed by atoms with Crippen molar-refractivity contribution in [2.24, 2.45) is 23.2 Å². The van der Waals surface area contributed by atoms with E-state index in [0.717, 1.165) is 0 Å². The minimum Gasteiger partial charge on any atom is -0.481 e. The van der Waals surface area contributed by atoms with Gasteiger partial charge in [-0.25, -0.2) is 9.48 Å². The largest absolute Gasteiger partial charge is 0.481 e. The number of aliphatic carboxylic acids is 2. The maximum Gasteiger partial charge on any atom is 0.353 e. The van der Waals surface area contributed by atoms with Gasteiger partial charge < -0.3 is 36.0 Å². The van der Waals surface area contributed by atoms with Crippen molar-refractivity contribution in [3.63, 3.8) is 0 Å². The van der Waals surface area contributed by atoms with E-state index in [9.17, 15) is 34.2 Å². The van der Waals surface area contributed by atoms with E-state index in [1.165, 1.54) is 27.7 Å². The fourth-order valence-electron chi connectivity index (χ4n) is 7.48. The molecule has 5 N–H and O–H groups in total. The maximum atomic E-state index is 13.5. The van der Waals surface area contributed by atoms with E-state index in [-0.39, 0.29) is 53.6 Å². The van der Waals surface area contributed by atoms with E-state index < -0.39 is 41.4 Å². The first-order valence-electron chi connectivity index (χ1n) is 14.5. The first-order valence-corrected chi connectivity index (χ1v) is 15.3. The number of carboxylic acid groups (broad SMARTS) is 2. The number of β-lactam (4-membered cyclic amide) rings is 1. The number of carbonyl (C=O) groups excluding carboxylic acids is 3. The molecule has 0 saturated carbocycles. The normalized spacial score (nSPS) is 34.0. The smallest absolute Gasteiger partial charge is 0.353 e. The lowest BCUT2D eigenvalue weighted by atomic mass is 9.73. The van der Waals surface area contributed by atoms with E-state index in [4.69, 9.17) is 0 Å². The lowest BCUT2D eigenvalue weighted by Gasteiger charge is -2.47. The molecular weight excluding hydrogens is 582 g/mol. The molecule has 232 valence electrons. The summed E-state index contributed by atoms with van der Waals surface area (Å²) in [7, 11) is 0. The average Bonchev–Trinajstić information content (AvgIpc) is 3.75. The van der Waals surface area contributed by atoms with Crippen LogP contribution >= 0.6 is 11.8 Å². The van der Waals surface area contributed by atoms with Gasteiger partial charge in [0, 0.05) is 48.3 Å². The summed E-state index contributed by atoms with van der Waals surface area (Å²) in [6, 6.07) is -1.45. The zero-order chi connectivity index (χ0) is 30.6. The number of fused-ring (bicyclic) bond motifs is 2. The number of carbonyl (C=O) groups is 5. The van der Waals surface area contributed by atoms with Crippen molar-refractivity contribution in [2.75, 3.05) is 32.7 Å². The molecule has 16 nitrogen and oxygen atoms in total. The van der Waals surface area contributed by atoms with Crippen molar-refractivity contribution in [2.45, 2.75) is 56.6 Å². The number of hydrogen-bond acceptors (Lipinski definition) is 11. The highest BCUT2D eigenvalue weighted by Gasteiger charge is 2.61. The van der Waals surface area contributed by atoms with Crippen LogP contribution in [0, 0.1) is 23.2 Å². The van der Waals surface area contributed by atoms with Gasteiger partial charge in [0.1, 0.15) is 24.0 Å². The zero-order valence-electron chi connectivity index (χ0n) is 23.8. The molecule has 5 aliphatic heterocycles. The zero-order valence-corrected chi connectivity index (χ0v) is 24.6. The van der Waals surface area contributed by atoms with E-state index >= 15 is 0 Å². The third-order valence-corrected chi connectivity index (χ3v) is 11.2. The quantitative estimate of drug-likeness (QED) is 0.189. The molecule has 6 heterocycles. The number of amides is 3. The molecule has 0 bridgehead atoms. The summed E-state index contributed by atoms with van der Waals surface area (Å²) >= 11 is 1.38. The van der Waals surface area contributed by atoms with Gasteiger partial charge >= 0.3 is 11.9 Å². The Hall–Kier alpha value is -3.57. The molecule has 6 rings (SSSR count). The van der Waals surface area contributed by atoms with Gasteiger partial charge in [0.05, 0.1) is 18.0 Å². The SMILES string of the molecule is C[C@@H](NC(=O)Cn1cnnn1)[C@H]1C(=O)N2C(C(=O)O)=C(S[C@@H]3CN[C@H](C(=O)N4CCC5CNCC5(C(=O)O)C4)C3)[C@H](C)[C@H]12. The van der Waals surface area contributed by atoms with Crippen molar-refractivity contribution in [3.05, 3.63) is 16.9 Å². The Morgan fingerprint density at radius 2 is 2.05 bits per heavy atom. The molecule has 43 heavy (non-hydrogen) atoms. The van der Waals surface area contributed by atoms with Crippen molar-refractivity contribution in [1.82, 2.24) is 46.0 Å². The number of piperidine rings is 1. The van der Waals surface area contributed by atoms with Crippen LogP contribution in [0.3, 0.4) is 0 Å². The predicted octanol–water partition coefficient (Wildman–Crippen LogP) is -2.06. The number of carboxylic acids is 2. The van der Waals surface area contributed by atoms with Gasteiger partial charge in [-0.1, -0.05) is 6.92 Å². The Bertz CT molecular complexity index is 1370. The topological polar surface area (TPSA) is 212 Å². The number of rotatable bonds is 9. The molecule has 17 heteroatoms. The molecule has 2 unspecified atom stereocenters. The molecule has 4 saturated heterocycles. The predicted molar refractivity (Wildman–Crippen MR) is 149 cm³/mol. The summed E-state index contributed by atoms with van der Waals surface area (Å²) in [5.74, 6) is -3.80. The van der Waals surface area contributed by atoms with Crippen molar-refractivity contribution in [3.8, 4) is 0 Å². The van der Waals surface area contributed by atoms with Crippen LogP contribution in [0.5, 0.6) is 0 Å². The standard InChI is InChI=1S/C26H35N9O7S/c1-12-19-18(13(2)30-17(36)8-34-11-29-31-32-34)23(38)35(19)20(24(39)40)21(12)43-15-5-16(28-7-15)22(37)33-4-3-14-6-27-9-26(14,10-33)25(41)42/h11-16,18-19,27-28H,3-10H2,1-2H3,(H,30,36)(H,39,40)(H,41,42)/t12-,13-,14?,15+,16+,18-,19-,26?/m1/s1. The minimum atomic E-state index is -1.19. The van der Waals surface area contributed by atoms with Crippen molar-refractivity contribution < 1.29 is 34.2 Å². The lowest BCUT2D eigenvalue weighted by molar-refractivity contribution is -0.158. The number of aromatic nitrogens is 4. The van der Waals surface area contributed by atoms with Crippen LogP contribution in [0.2, 0.25) is 0 Å². The summed E-state index contributed by atoms with van der Waals surface area (Å²) in [4.78, 5) is 67.3. The van der Waals surface area contributed by atoms with Crippen LogP contribution in [-0.2, 0) is 30.5 Å². The number of likely N-dealkylation sites (tertiary alicyclic amines) is 1. The molecule has 8 atom stereocenters. The molecule has 0 radical (unpaired) electrons. The molecule has 1 aromatic heterocycles. The van der Waals surface area contributed by atoms with Gasteiger partial charge in [-0.15, -0.1) is 16.9 Å². The van der Waals surface area contributed by atoms with Crippen LogP contribution in [0.25, 0.3) is 0 Å². The van der Waals surface area contributed by atoms with Gasteiger partial charge in [0.15, 0.2) is 0 Å². The van der Waals surface area contributed by atoms with Gasteiger partial charge in [-0.05, 0) is 42.7 Å². The highest BCUT2D eigenvalue weighted by atomic mass is 32.2. The minimum absolute atomic E-state index is 0.00180. The molecular formula is C26H35N9O7S. The van der Waals surface area contributed by atoms with Gasteiger partial charge in [0.2, 0.25) is 17.7 Å². The Kier molecular flexibility index (Phi) is 7.66. The second-order valence-electron chi connectivity index (χ2n) is 12.2. The Morgan fingerprint density at radius 1 is 1.26 bits per heavy atom. The van der Waals surface area contributed by atoms with E-state index in [0.29, 0.717) is 43.9 Å². The number of hydrogen-bond donors (Lipinski definition) is 5. The Balaban J connectivity index is 1.09. The van der Waals surface area contributed by atoms with E-state index in [1.54, 1.807) is 11.8 Å². The van der Waals surface area contributed by atoms with Crippen LogP contribution < -0.4 is 16.0 Å². The maximum absolute atomic E-state index is 13.5. The molecule has 3 amide bonds. The van der Waals surface area contributed by atoms with E-state index in [2.05, 4.69) is 31.5 Å². The van der Waals surface area contributed by atoms with Gasteiger partial charge in [0.25, 0.3) is 0 Å². The first kappa shape index (κ1) is 29.5. The molecule has 0 spiro atoms.